The lowest BCUT2D eigenvalue weighted by atomic mass is 9.88. The van der Waals surface area contributed by atoms with Gasteiger partial charge in [0, 0.05) is 6.54 Å². The number of aliphatic hydroxyl groups is 2. The summed E-state index contributed by atoms with van der Waals surface area (Å²) in [7, 11) is 0. The second kappa shape index (κ2) is 2.96. The number of piperidine rings is 1. The molecule has 0 aliphatic carbocycles. The van der Waals surface area contributed by atoms with E-state index in [9.17, 15) is 10.2 Å². The Balaban J connectivity index is 2.09. The van der Waals surface area contributed by atoms with Gasteiger partial charge in [0.15, 0.2) is 0 Å². The molecule has 0 amide bonds. The van der Waals surface area contributed by atoms with Crippen molar-refractivity contribution in [2.75, 3.05) is 19.7 Å². The van der Waals surface area contributed by atoms with Crippen molar-refractivity contribution in [3.8, 4) is 0 Å². The Morgan fingerprint density at radius 2 is 2.25 bits per heavy atom. The minimum absolute atomic E-state index is 0.267. The zero-order valence-electron chi connectivity index (χ0n) is 6.99. The first-order valence-corrected chi connectivity index (χ1v) is 4.45. The lowest BCUT2D eigenvalue weighted by Gasteiger charge is -2.35. The Morgan fingerprint density at radius 1 is 1.42 bits per heavy atom. The average Bonchev–Trinajstić information content (AvgIpc) is 2.37. The van der Waals surface area contributed by atoms with E-state index in [4.69, 9.17) is 4.74 Å². The maximum Gasteiger partial charge on any atom is 0.112 e. The molecule has 0 saturated carbocycles. The Hall–Kier alpha value is -0.160. The van der Waals surface area contributed by atoms with Crippen LogP contribution in [0, 0.1) is 0 Å². The summed E-state index contributed by atoms with van der Waals surface area (Å²) in [6.07, 6.45) is 0.428. The van der Waals surface area contributed by atoms with Gasteiger partial charge in [0.1, 0.15) is 17.8 Å². The van der Waals surface area contributed by atoms with Crippen molar-refractivity contribution in [2.24, 2.45) is 0 Å². The molecule has 12 heavy (non-hydrogen) atoms. The Bertz CT molecular complexity index is 162. The molecule has 2 heterocycles. The molecule has 2 saturated heterocycles. The third kappa shape index (κ3) is 1.15. The summed E-state index contributed by atoms with van der Waals surface area (Å²) < 4.78 is 5.44. The van der Waals surface area contributed by atoms with Crippen molar-refractivity contribution in [3.05, 3.63) is 0 Å². The monoisotopic (exact) mass is 173 g/mol. The highest BCUT2D eigenvalue weighted by atomic mass is 16.5. The van der Waals surface area contributed by atoms with Gasteiger partial charge in [-0.3, -0.25) is 0 Å². The van der Waals surface area contributed by atoms with Gasteiger partial charge in [0.05, 0.1) is 6.61 Å². The predicted octanol–water partition coefficient (Wildman–Crippen LogP) is -1.14. The predicted molar refractivity (Wildman–Crippen MR) is 42.8 cm³/mol. The molecular weight excluding hydrogens is 158 g/mol. The molecule has 1 spiro atoms. The van der Waals surface area contributed by atoms with Crippen LogP contribution >= 0.6 is 0 Å². The van der Waals surface area contributed by atoms with Gasteiger partial charge in [-0.2, -0.15) is 0 Å². The van der Waals surface area contributed by atoms with Crippen LogP contribution in [0.15, 0.2) is 0 Å². The van der Waals surface area contributed by atoms with Gasteiger partial charge in [-0.15, -0.1) is 0 Å². The quantitative estimate of drug-likeness (QED) is 0.433. The SMILES string of the molecule is O[C@@H]1COC2(CCCNC2)[C@@H]1O. The first-order valence-electron chi connectivity index (χ1n) is 4.45. The summed E-state index contributed by atoms with van der Waals surface area (Å²) >= 11 is 0. The zero-order chi connectivity index (χ0) is 8.60. The van der Waals surface area contributed by atoms with Crippen LogP contribution in [-0.4, -0.2) is 47.7 Å². The van der Waals surface area contributed by atoms with E-state index in [1.807, 2.05) is 0 Å². The molecule has 70 valence electrons. The standard InChI is InChI=1S/C8H15NO3/c10-6-4-12-8(7(6)11)2-1-3-9-5-8/h6-7,9-11H,1-5H2/t6-,7-,8?/m1/s1. The van der Waals surface area contributed by atoms with Gasteiger partial charge >= 0.3 is 0 Å². The van der Waals surface area contributed by atoms with E-state index >= 15 is 0 Å². The average molecular weight is 173 g/mol. The molecular formula is C8H15NO3. The molecule has 0 aromatic carbocycles. The van der Waals surface area contributed by atoms with E-state index in [1.165, 1.54) is 0 Å². The summed E-state index contributed by atoms with van der Waals surface area (Å²) in [4.78, 5) is 0. The van der Waals surface area contributed by atoms with Gasteiger partial charge in [-0.25, -0.2) is 0 Å². The summed E-state index contributed by atoms with van der Waals surface area (Å²) in [5, 5.41) is 22.1. The lowest BCUT2D eigenvalue weighted by Crippen LogP contribution is -2.53. The minimum atomic E-state index is -0.717. The number of hydrogen-bond acceptors (Lipinski definition) is 4. The summed E-state index contributed by atoms with van der Waals surface area (Å²) in [6.45, 7) is 1.90. The Kier molecular flexibility index (Phi) is 2.08. The van der Waals surface area contributed by atoms with Crippen LogP contribution in [0.3, 0.4) is 0 Å². The highest BCUT2D eigenvalue weighted by molar-refractivity contribution is 5.00. The van der Waals surface area contributed by atoms with E-state index in [0.29, 0.717) is 6.54 Å². The molecule has 0 aromatic heterocycles. The zero-order valence-corrected chi connectivity index (χ0v) is 6.99. The fraction of sp³-hybridized carbons (Fsp3) is 1.00. The molecule has 2 fully saturated rings. The van der Waals surface area contributed by atoms with Gasteiger partial charge in [-0.1, -0.05) is 0 Å². The molecule has 2 aliphatic rings. The third-order valence-electron chi connectivity index (χ3n) is 2.82. The van der Waals surface area contributed by atoms with Crippen LogP contribution in [0.2, 0.25) is 0 Å². The van der Waals surface area contributed by atoms with Crippen molar-refractivity contribution in [2.45, 2.75) is 30.7 Å². The maximum absolute atomic E-state index is 9.66. The summed E-state index contributed by atoms with van der Waals surface area (Å²) in [5.41, 5.74) is -0.502. The molecule has 4 nitrogen and oxygen atoms in total. The van der Waals surface area contributed by atoms with E-state index in [2.05, 4.69) is 5.32 Å². The normalized spacial score (nSPS) is 48.5. The summed E-state index contributed by atoms with van der Waals surface area (Å²) in [5.74, 6) is 0. The molecule has 3 atom stereocenters. The van der Waals surface area contributed by atoms with Crippen LogP contribution < -0.4 is 5.32 Å². The van der Waals surface area contributed by atoms with Crippen LogP contribution in [0.4, 0.5) is 0 Å². The number of hydrogen-bond donors (Lipinski definition) is 3. The number of aliphatic hydroxyl groups excluding tert-OH is 2. The Labute approximate surface area is 71.5 Å². The molecule has 2 rings (SSSR count). The highest BCUT2D eigenvalue weighted by Gasteiger charge is 2.49. The molecule has 0 aromatic rings. The first kappa shape index (κ1) is 8.44. The molecule has 0 radical (unpaired) electrons. The van der Waals surface area contributed by atoms with E-state index in [1.54, 1.807) is 0 Å². The highest BCUT2D eigenvalue weighted by Crippen LogP contribution is 2.32. The fourth-order valence-electron chi connectivity index (χ4n) is 2.06. The second-order valence-corrected chi connectivity index (χ2v) is 3.67. The molecule has 0 bridgehead atoms. The smallest absolute Gasteiger partial charge is 0.112 e. The van der Waals surface area contributed by atoms with E-state index in [-0.39, 0.29) is 6.61 Å². The van der Waals surface area contributed by atoms with Crippen LogP contribution in [0.25, 0.3) is 0 Å². The van der Waals surface area contributed by atoms with Crippen molar-refractivity contribution < 1.29 is 14.9 Å². The Morgan fingerprint density at radius 3 is 2.75 bits per heavy atom. The van der Waals surface area contributed by atoms with Crippen LogP contribution in [0.1, 0.15) is 12.8 Å². The molecule has 4 heteroatoms. The first-order chi connectivity index (χ1) is 5.75. The van der Waals surface area contributed by atoms with Crippen molar-refractivity contribution >= 4 is 0 Å². The third-order valence-corrected chi connectivity index (χ3v) is 2.82. The lowest BCUT2D eigenvalue weighted by molar-refractivity contribution is -0.0766. The van der Waals surface area contributed by atoms with Gasteiger partial charge in [0.2, 0.25) is 0 Å². The molecule has 1 unspecified atom stereocenters. The van der Waals surface area contributed by atoms with Crippen LogP contribution in [0.5, 0.6) is 0 Å². The topological polar surface area (TPSA) is 61.7 Å². The maximum atomic E-state index is 9.66. The molecule has 3 N–H and O–H groups in total. The largest absolute Gasteiger partial charge is 0.388 e. The fourth-order valence-corrected chi connectivity index (χ4v) is 2.06. The van der Waals surface area contributed by atoms with Gasteiger partial charge < -0.3 is 20.3 Å². The number of nitrogens with one attached hydrogen (secondary N) is 1. The second-order valence-electron chi connectivity index (χ2n) is 3.67. The minimum Gasteiger partial charge on any atom is -0.388 e. The number of rotatable bonds is 0. The molecule has 2 aliphatic heterocycles. The summed E-state index contributed by atoms with van der Waals surface area (Å²) in [6, 6.07) is 0. The number of ether oxygens (including phenoxy) is 1. The van der Waals surface area contributed by atoms with Crippen molar-refractivity contribution in [3.63, 3.8) is 0 Å². The van der Waals surface area contributed by atoms with Crippen molar-refractivity contribution in [1.29, 1.82) is 0 Å². The van der Waals surface area contributed by atoms with Gasteiger partial charge in [-0.05, 0) is 19.4 Å². The van der Waals surface area contributed by atoms with Crippen molar-refractivity contribution in [1.82, 2.24) is 5.32 Å². The van der Waals surface area contributed by atoms with Gasteiger partial charge in [0.25, 0.3) is 0 Å². The van der Waals surface area contributed by atoms with Crippen LogP contribution in [-0.2, 0) is 4.74 Å². The van der Waals surface area contributed by atoms with E-state index < -0.39 is 17.8 Å². The van der Waals surface area contributed by atoms with E-state index in [0.717, 1.165) is 19.4 Å².